The number of fused-ring (bicyclic) bond motifs is 1. The average molecular weight is 342 g/mol. The smallest absolute Gasteiger partial charge is 0.267 e. The van der Waals surface area contributed by atoms with Crippen LogP contribution in [0.1, 0.15) is 20.0 Å². The van der Waals surface area contributed by atoms with Gasteiger partial charge < -0.3 is 0 Å². The number of amides is 2. The van der Waals surface area contributed by atoms with Gasteiger partial charge in [-0.3, -0.25) is 35.5 Å². The van der Waals surface area contributed by atoms with E-state index in [2.05, 4.69) is 15.8 Å². The first kappa shape index (κ1) is 15.6. The van der Waals surface area contributed by atoms with Crippen LogP contribution in [-0.4, -0.2) is 21.7 Å². The summed E-state index contributed by atoms with van der Waals surface area (Å²) in [4.78, 5) is 38.4. The average Bonchev–Trinajstić information content (AvgIpc) is 3.03. The number of nitro groups is 1. The highest BCUT2D eigenvalue weighted by molar-refractivity contribution is 7.20. The lowest BCUT2D eigenvalue weighted by Gasteiger charge is -2.05. The van der Waals surface area contributed by atoms with E-state index in [9.17, 15) is 19.7 Å². The number of non-ortho nitro benzene ring substituents is 1. The maximum absolute atomic E-state index is 12.1. The molecule has 0 radical (unpaired) electrons. The van der Waals surface area contributed by atoms with Gasteiger partial charge in [-0.25, -0.2) is 0 Å². The molecule has 2 amide bonds. The van der Waals surface area contributed by atoms with Crippen LogP contribution in [0.2, 0.25) is 0 Å². The Morgan fingerprint density at radius 3 is 2.62 bits per heavy atom. The van der Waals surface area contributed by atoms with Crippen LogP contribution >= 0.6 is 11.3 Å². The summed E-state index contributed by atoms with van der Waals surface area (Å²) < 4.78 is 0.740. The molecule has 9 heteroatoms. The molecule has 120 valence electrons. The molecule has 0 aliphatic heterocycles. The van der Waals surface area contributed by atoms with Crippen LogP contribution in [0.15, 0.2) is 48.8 Å². The molecule has 0 fully saturated rings. The zero-order chi connectivity index (χ0) is 17.1. The summed E-state index contributed by atoms with van der Waals surface area (Å²) in [6.45, 7) is 0. The van der Waals surface area contributed by atoms with Crippen molar-refractivity contribution in [3.8, 4) is 0 Å². The van der Waals surface area contributed by atoms with Crippen molar-refractivity contribution in [1.82, 2.24) is 15.8 Å². The number of carbonyl (C=O) groups excluding carboxylic acids is 2. The van der Waals surface area contributed by atoms with Gasteiger partial charge in [-0.2, -0.15) is 0 Å². The van der Waals surface area contributed by atoms with Crippen LogP contribution in [0.3, 0.4) is 0 Å². The molecule has 0 bridgehead atoms. The molecule has 3 rings (SSSR count). The van der Waals surface area contributed by atoms with Gasteiger partial charge in [0.05, 0.1) is 15.4 Å². The number of aromatic nitrogens is 1. The minimum atomic E-state index is -0.504. The van der Waals surface area contributed by atoms with Crippen LogP contribution in [0.5, 0.6) is 0 Å². The van der Waals surface area contributed by atoms with E-state index in [0.717, 1.165) is 4.70 Å². The van der Waals surface area contributed by atoms with Crippen molar-refractivity contribution >= 4 is 38.9 Å². The summed E-state index contributed by atoms with van der Waals surface area (Å²) in [5, 5.41) is 11.4. The third-order valence-corrected chi connectivity index (χ3v) is 4.26. The Kier molecular flexibility index (Phi) is 4.17. The summed E-state index contributed by atoms with van der Waals surface area (Å²) in [7, 11) is 0. The molecule has 0 saturated heterocycles. The Morgan fingerprint density at radius 1 is 1.12 bits per heavy atom. The molecule has 3 aromatic rings. The number of nitrogens with zero attached hydrogens (tertiary/aromatic N) is 2. The first-order chi connectivity index (χ1) is 11.5. The third kappa shape index (κ3) is 3.20. The number of hydrazine groups is 1. The van der Waals surface area contributed by atoms with Crippen LogP contribution in [-0.2, 0) is 0 Å². The van der Waals surface area contributed by atoms with Gasteiger partial charge >= 0.3 is 0 Å². The molecule has 8 nitrogen and oxygen atoms in total. The van der Waals surface area contributed by atoms with Gasteiger partial charge in [-0.05, 0) is 24.3 Å². The zero-order valence-electron chi connectivity index (χ0n) is 12.1. The molecule has 2 aromatic heterocycles. The molecule has 0 aliphatic carbocycles. The zero-order valence-corrected chi connectivity index (χ0v) is 12.9. The molecule has 0 spiro atoms. The lowest BCUT2D eigenvalue weighted by molar-refractivity contribution is -0.384. The number of pyridine rings is 1. The molecule has 2 N–H and O–H groups in total. The largest absolute Gasteiger partial charge is 0.279 e. The molecular weight excluding hydrogens is 332 g/mol. The quantitative estimate of drug-likeness (QED) is 0.560. The van der Waals surface area contributed by atoms with Crippen molar-refractivity contribution in [2.45, 2.75) is 0 Å². The number of nitrogens with one attached hydrogen (secondary N) is 2. The fraction of sp³-hybridized carbons (Fsp3) is 0. The number of hydrogen-bond acceptors (Lipinski definition) is 6. The minimum Gasteiger partial charge on any atom is -0.267 e. The molecule has 24 heavy (non-hydrogen) atoms. The fourth-order valence-electron chi connectivity index (χ4n) is 2.00. The van der Waals surface area contributed by atoms with E-state index >= 15 is 0 Å². The van der Waals surface area contributed by atoms with E-state index in [-0.39, 0.29) is 5.69 Å². The molecule has 2 heterocycles. The van der Waals surface area contributed by atoms with Crippen molar-refractivity contribution in [3.63, 3.8) is 0 Å². The molecule has 0 atom stereocenters. The highest BCUT2D eigenvalue weighted by Gasteiger charge is 2.14. The molecule has 0 aliphatic rings. The predicted molar refractivity (Wildman–Crippen MR) is 87.6 cm³/mol. The van der Waals surface area contributed by atoms with E-state index in [1.165, 1.54) is 35.9 Å². The number of carbonyl (C=O) groups is 2. The van der Waals surface area contributed by atoms with Gasteiger partial charge in [0, 0.05) is 34.6 Å². The summed E-state index contributed by atoms with van der Waals surface area (Å²) in [5.74, 6) is -0.996. The lowest BCUT2D eigenvalue weighted by atomic mass is 10.2. The lowest BCUT2D eigenvalue weighted by Crippen LogP contribution is -2.41. The maximum Gasteiger partial charge on any atom is 0.279 e. The Morgan fingerprint density at radius 2 is 1.92 bits per heavy atom. The van der Waals surface area contributed by atoms with Crippen molar-refractivity contribution in [2.75, 3.05) is 0 Å². The number of rotatable bonds is 3. The van der Waals surface area contributed by atoms with E-state index < -0.39 is 16.7 Å². The van der Waals surface area contributed by atoms with Crippen LogP contribution in [0.4, 0.5) is 5.69 Å². The summed E-state index contributed by atoms with van der Waals surface area (Å²) >= 11 is 1.17. The molecular formula is C15H10N4O4S. The summed E-state index contributed by atoms with van der Waals surface area (Å²) in [6.07, 6.45) is 2.91. The van der Waals surface area contributed by atoms with Crippen LogP contribution in [0.25, 0.3) is 10.1 Å². The molecule has 0 unspecified atom stereocenters. The first-order valence-corrected chi connectivity index (χ1v) is 7.55. The molecule has 1 aromatic carbocycles. The van der Waals surface area contributed by atoms with Crippen LogP contribution < -0.4 is 10.9 Å². The predicted octanol–water partition coefficient (Wildman–Crippen LogP) is 2.28. The van der Waals surface area contributed by atoms with Gasteiger partial charge in [0.1, 0.15) is 0 Å². The van der Waals surface area contributed by atoms with Crippen LogP contribution in [0, 0.1) is 10.1 Å². The Bertz CT molecular complexity index is 939. The summed E-state index contributed by atoms with van der Waals surface area (Å²) in [5.41, 5.74) is 4.86. The summed E-state index contributed by atoms with van der Waals surface area (Å²) in [6, 6.07) is 9.08. The topological polar surface area (TPSA) is 114 Å². The van der Waals surface area contributed by atoms with E-state index in [0.29, 0.717) is 15.8 Å². The number of hydrogen-bond donors (Lipinski definition) is 2. The second-order valence-corrected chi connectivity index (χ2v) is 5.82. The number of nitro benzene ring substituents is 1. The van der Waals surface area contributed by atoms with E-state index in [4.69, 9.17) is 0 Å². The molecule has 0 saturated carbocycles. The van der Waals surface area contributed by atoms with E-state index in [1.54, 1.807) is 24.3 Å². The van der Waals surface area contributed by atoms with Gasteiger partial charge in [0.15, 0.2) is 0 Å². The van der Waals surface area contributed by atoms with Gasteiger partial charge in [-0.1, -0.05) is 0 Å². The van der Waals surface area contributed by atoms with Crippen molar-refractivity contribution in [3.05, 3.63) is 69.3 Å². The van der Waals surface area contributed by atoms with Gasteiger partial charge in [0.2, 0.25) is 0 Å². The second kappa shape index (κ2) is 6.42. The fourth-order valence-corrected chi connectivity index (χ4v) is 2.94. The Hall–Kier alpha value is -3.33. The Balaban J connectivity index is 1.72. The van der Waals surface area contributed by atoms with Gasteiger partial charge in [0.25, 0.3) is 17.5 Å². The van der Waals surface area contributed by atoms with E-state index in [1.807, 2.05) is 0 Å². The standard InChI is InChI=1S/C15H10N4O4S/c20-14(9-2-1-5-16-8-9)17-18-15(21)13-7-10-6-11(19(22)23)3-4-12(10)24-13/h1-8H,(H,17,20)(H,18,21). The first-order valence-electron chi connectivity index (χ1n) is 6.73. The maximum atomic E-state index is 12.1. The van der Waals surface area contributed by atoms with Crippen molar-refractivity contribution in [1.29, 1.82) is 0 Å². The highest BCUT2D eigenvalue weighted by atomic mass is 32.1. The highest BCUT2D eigenvalue weighted by Crippen LogP contribution is 2.28. The normalized spacial score (nSPS) is 10.3. The van der Waals surface area contributed by atoms with Crippen molar-refractivity contribution < 1.29 is 14.5 Å². The monoisotopic (exact) mass is 342 g/mol. The number of benzene rings is 1. The second-order valence-electron chi connectivity index (χ2n) is 4.74. The van der Waals surface area contributed by atoms with Crippen molar-refractivity contribution in [2.24, 2.45) is 0 Å². The Labute approximate surface area is 139 Å². The SMILES string of the molecule is O=C(NNC(=O)c1cc2cc([N+](=O)[O-])ccc2s1)c1cccnc1. The minimum absolute atomic E-state index is 0.0443. The van der Waals surface area contributed by atoms with Gasteiger partial charge in [-0.15, -0.1) is 11.3 Å². The third-order valence-electron chi connectivity index (χ3n) is 3.15. The number of thiophene rings is 1.